The third kappa shape index (κ3) is 3.29. The van der Waals surface area contributed by atoms with Crippen molar-refractivity contribution in [2.45, 2.75) is 51.0 Å². The lowest BCUT2D eigenvalue weighted by Gasteiger charge is -2.28. The van der Waals surface area contributed by atoms with Gasteiger partial charge in [-0.2, -0.15) is 0 Å². The molecule has 3 rings (SSSR count). The summed E-state index contributed by atoms with van der Waals surface area (Å²) >= 11 is 0. The summed E-state index contributed by atoms with van der Waals surface area (Å²) in [6, 6.07) is 8.72. The van der Waals surface area contributed by atoms with E-state index in [4.69, 9.17) is 0 Å². The largest absolute Gasteiger partial charge is 0.341 e. The predicted octanol–water partition coefficient (Wildman–Crippen LogP) is 2.71. The molecule has 2 unspecified atom stereocenters. The van der Waals surface area contributed by atoms with Crippen LogP contribution in [-0.2, 0) is 11.2 Å². The molecule has 3 heteroatoms. The average Bonchev–Trinajstić information content (AvgIpc) is 3.06. The lowest BCUT2D eigenvalue weighted by atomic mass is 9.83. The number of carbonyl (C=O) groups is 1. The highest BCUT2D eigenvalue weighted by Crippen LogP contribution is 2.30. The fraction of sp³-hybridized carbons (Fsp3) is 0.611. The molecule has 1 saturated heterocycles. The summed E-state index contributed by atoms with van der Waals surface area (Å²) in [5.74, 6) is 0.834. The molecule has 1 aliphatic heterocycles. The van der Waals surface area contributed by atoms with Gasteiger partial charge in [0.2, 0.25) is 5.91 Å². The molecule has 0 radical (unpaired) electrons. The summed E-state index contributed by atoms with van der Waals surface area (Å²) in [6.07, 6.45) is 6.02. The van der Waals surface area contributed by atoms with E-state index in [-0.39, 0.29) is 11.9 Å². The Labute approximate surface area is 127 Å². The first-order valence-electron chi connectivity index (χ1n) is 8.35. The number of rotatable bonds is 4. The molecule has 1 aromatic rings. The molecule has 21 heavy (non-hydrogen) atoms. The summed E-state index contributed by atoms with van der Waals surface area (Å²) < 4.78 is 0. The zero-order valence-corrected chi connectivity index (χ0v) is 13.0. The molecule has 3 nitrogen and oxygen atoms in total. The van der Waals surface area contributed by atoms with Crippen LogP contribution in [-0.4, -0.2) is 36.5 Å². The van der Waals surface area contributed by atoms with Gasteiger partial charge in [-0.25, -0.2) is 0 Å². The molecule has 0 aromatic heterocycles. The van der Waals surface area contributed by atoms with Crippen LogP contribution in [0.15, 0.2) is 24.3 Å². The number of hydrogen-bond donors (Lipinski definition) is 1. The molecule has 114 valence electrons. The topological polar surface area (TPSA) is 32.3 Å². The van der Waals surface area contributed by atoms with Crippen LogP contribution >= 0.6 is 0 Å². The third-order valence-electron chi connectivity index (χ3n) is 4.95. The minimum absolute atomic E-state index is 0.0582. The number of likely N-dealkylation sites (tertiary alicyclic amines) is 1. The van der Waals surface area contributed by atoms with Gasteiger partial charge in [-0.3, -0.25) is 4.79 Å². The summed E-state index contributed by atoms with van der Waals surface area (Å²) in [6.45, 7) is 4.81. The Morgan fingerprint density at radius 1 is 1.29 bits per heavy atom. The van der Waals surface area contributed by atoms with Crippen LogP contribution in [0.4, 0.5) is 0 Å². The van der Waals surface area contributed by atoms with E-state index in [1.807, 2.05) is 11.8 Å². The van der Waals surface area contributed by atoms with Crippen LogP contribution in [0.25, 0.3) is 0 Å². The van der Waals surface area contributed by atoms with Crippen LogP contribution in [0, 0.1) is 0 Å². The Morgan fingerprint density at radius 2 is 2.05 bits per heavy atom. The van der Waals surface area contributed by atoms with Gasteiger partial charge in [0, 0.05) is 19.6 Å². The van der Waals surface area contributed by atoms with E-state index < -0.39 is 0 Å². The first-order chi connectivity index (χ1) is 10.3. The van der Waals surface area contributed by atoms with Crippen molar-refractivity contribution in [3.63, 3.8) is 0 Å². The third-order valence-corrected chi connectivity index (χ3v) is 4.95. The van der Waals surface area contributed by atoms with E-state index >= 15 is 0 Å². The van der Waals surface area contributed by atoms with E-state index in [1.54, 1.807) is 0 Å². The van der Waals surface area contributed by atoms with Gasteiger partial charge in [0.15, 0.2) is 0 Å². The Hall–Kier alpha value is -1.35. The minimum Gasteiger partial charge on any atom is -0.341 e. The second-order valence-electron chi connectivity index (χ2n) is 6.45. The molecular formula is C18H26N2O. The normalized spacial score (nSPS) is 22.9. The number of carbonyl (C=O) groups excluding carboxylic acids is 1. The van der Waals surface area contributed by atoms with Gasteiger partial charge in [0.25, 0.3) is 0 Å². The Bertz CT molecular complexity index is 494. The smallest absolute Gasteiger partial charge is 0.239 e. The number of hydrogen-bond acceptors (Lipinski definition) is 2. The zero-order valence-electron chi connectivity index (χ0n) is 13.0. The van der Waals surface area contributed by atoms with Crippen molar-refractivity contribution in [3.05, 3.63) is 35.4 Å². The fourth-order valence-corrected chi connectivity index (χ4v) is 3.68. The quantitative estimate of drug-likeness (QED) is 0.923. The number of nitrogens with zero attached hydrogens (tertiary/aromatic N) is 1. The van der Waals surface area contributed by atoms with Gasteiger partial charge in [-0.1, -0.05) is 24.3 Å². The van der Waals surface area contributed by atoms with Gasteiger partial charge >= 0.3 is 0 Å². The van der Waals surface area contributed by atoms with Crippen molar-refractivity contribution in [1.29, 1.82) is 0 Å². The van der Waals surface area contributed by atoms with Crippen LogP contribution in [0.2, 0.25) is 0 Å². The van der Waals surface area contributed by atoms with Crippen LogP contribution in [0.1, 0.15) is 49.7 Å². The van der Waals surface area contributed by atoms with E-state index in [9.17, 15) is 4.79 Å². The first-order valence-corrected chi connectivity index (χ1v) is 8.35. The summed E-state index contributed by atoms with van der Waals surface area (Å²) in [7, 11) is 0. The Kier molecular flexibility index (Phi) is 4.59. The molecule has 1 N–H and O–H groups in total. The van der Waals surface area contributed by atoms with E-state index in [0.29, 0.717) is 5.92 Å². The van der Waals surface area contributed by atoms with Gasteiger partial charge in [0.1, 0.15) is 0 Å². The summed E-state index contributed by atoms with van der Waals surface area (Å²) in [4.78, 5) is 14.3. The van der Waals surface area contributed by atoms with E-state index in [2.05, 4.69) is 29.6 Å². The highest BCUT2D eigenvalue weighted by molar-refractivity contribution is 5.81. The molecular weight excluding hydrogens is 260 g/mol. The molecule has 1 fully saturated rings. The number of aryl methyl sites for hydroxylation is 1. The average molecular weight is 286 g/mol. The molecule has 0 bridgehead atoms. The van der Waals surface area contributed by atoms with Gasteiger partial charge in [-0.05, 0) is 56.1 Å². The van der Waals surface area contributed by atoms with Gasteiger partial charge in [0.05, 0.1) is 6.04 Å². The minimum atomic E-state index is -0.0582. The van der Waals surface area contributed by atoms with Crippen molar-refractivity contribution in [3.8, 4) is 0 Å². The van der Waals surface area contributed by atoms with E-state index in [0.717, 1.165) is 32.5 Å². The number of amides is 1. The Morgan fingerprint density at radius 3 is 2.86 bits per heavy atom. The molecule has 2 atom stereocenters. The second kappa shape index (κ2) is 6.61. The maximum absolute atomic E-state index is 12.3. The number of fused-ring (bicyclic) bond motifs is 1. The molecule has 0 saturated carbocycles. The monoisotopic (exact) mass is 286 g/mol. The van der Waals surface area contributed by atoms with Gasteiger partial charge in [-0.15, -0.1) is 0 Å². The molecule has 1 aromatic carbocycles. The van der Waals surface area contributed by atoms with Crippen molar-refractivity contribution < 1.29 is 4.79 Å². The highest BCUT2D eigenvalue weighted by atomic mass is 16.2. The van der Waals surface area contributed by atoms with Crippen LogP contribution in [0.3, 0.4) is 0 Å². The molecule has 1 aliphatic carbocycles. The van der Waals surface area contributed by atoms with Crippen molar-refractivity contribution >= 4 is 5.91 Å². The van der Waals surface area contributed by atoms with Crippen molar-refractivity contribution in [1.82, 2.24) is 10.2 Å². The first kappa shape index (κ1) is 14.6. The maximum atomic E-state index is 12.3. The maximum Gasteiger partial charge on any atom is 0.239 e. The molecule has 1 amide bonds. The van der Waals surface area contributed by atoms with Crippen LogP contribution in [0.5, 0.6) is 0 Å². The summed E-state index contributed by atoms with van der Waals surface area (Å²) in [5, 5.41) is 3.48. The van der Waals surface area contributed by atoms with Crippen molar-refractivity contribution in [2.24, 2.45) is 0 Å². The second-order valence-corrected chi connectivity index (χ2v) is 6.45. The number of nitrogens with one attached hydrogen (secondary N) is 1. The van der Waals surface area contributed by atoms with Crippen LogP contribution < -0.4 is 5.32 Å². The predicted molar refractivity (Wildman–Crippen MR) is 85.4 cm³/mol. The van der Waals surface area contributed by atoms with Crippen molar-refractivity contribution in [2.75, 3.05) is 19.6 Å². The zero-order chi connectivity index (χ0) is 14.7. The lowest BCUT2D eigenvalue weighted by molar-refractivity contribution is -0.131. The number of benzene rings is 1. The highest BCUT2D eigenvalue weighted by Gasteiger charge is 2.25. The SMILES string of the molecule is CC(NCC1CCCc2ccccc21)C(=O)N1CCCC1. The summed E-state index contributed by atoms with van der Waals surface area (Å²) in [5.41, 5.74) is 2.98. The lowest BCUT2D eigenvalue weighted by Crippen LogP contribution is -2.45. The molecule has 0 spiro atoms. The fourth-order valence-electron chi connectivity index (χ4n) is 3.68. The van der Waals surface area contributed by atoms with E-state index in [1.165, 1.54) is 30.4 Å². The Balaban J connectivity index is 1.57. The molecule has 2 aliphatic rings. The standard InChI is InChI=1S/C18H26N2O/c1-14(18(21)20-11-4-5-12-20)19-13-16-9-6-8-15-7-2-3-10-17(15)16/h2-3,7,10,14,16,19H,4-6,8-9,11-13H2,1H3. The van der Waals surface area contributed by atoms with Gasteiger partial charge < -0.3 is 10.2 Å². The molecule has 1 heterocycles.